The van der Waals surface area contributed by atoms with Crippen LogP contribution in [0.2, 0.25) is 0 Å². The molecule has 1 aliphatic carbocycles. The maximum absolute atomic E-state index is 5.99. The minimum Gasteiger partial charge on any atom is -0.328 e. The van der Waals surface area contributed by atoms with Gasteiger partial charge in [0.25, 0.3) is 0 Å². The second kappa shape index (κ2) is 5.72. The minimum absolute atomic E-state index is 0.454. The summed E-state index contributed by atoms with van der Waals surface area (Å²) in [5, 5.41) is 0. The Morgan fingerprint density at radius 3 is 2.64 bits per heavy atom. The van der Waals surface area contributed by atoms with E-state index in [1.807, 2.05) is 0 Å². The van der Waals surface area contributed by atoms with Crippen molar-refractivity contribution in [2.75, 3.05) is 13.6 Å². The fourth-order valence-corrected chi connectivity index (χ4v) is 2.25. The van der Waals surface area contributed by atoms with Gasteiger partial charge in [0.15, 0.2) is 0 Å². The van der Waals surface area contributed by atoms with Crippen LogP contribution in [0.25, 0.3) is 0 Å². The number of nitrogens with two attached hydrogens (primary N) is 1. The van der Waals surface area contributed by atoms with E-state index in [4.69, 9.17) is 5.73 Å². The van der Waals surface area contributed by atoms with E-state index in [0.29, 0.717) is 6.04 Å². The van der Waals surface area contributed by atoms with Gasteiger partial charge in [0.05, 0.1) is 0 Å². The molecule has 1 saturated carbocycles. The minimum atomic E-state index is 0.454. The van der Waals surface area contributed by atoms with Crippen molar-refractivity contribution >= 4 is 0 Å². The molecule has 1 aliphatic rings. The highest BCUT2D eigenvalue weighted by Crippen LogP contribution is 2.21. The van der Waals surface area contributed by atoms with Crippen LogP contribution in [0.5, 0.6) is 0 Å². The van der Waals surface area contributed by atoms with Crippen LogP contribution in [0.4, 0.5) is 0 Å². The van der Waals surface area contributed by atoms with Crippen molar-refractivity contribution in [3.63, 3.8) is 0 Å². The van der Waals surface area contributed by atoms with Gasteiger partial charge >= 0.3 is 0 Å². The average Bonchev–Trinajstić information content (AvgIpc) is 2.14. The molecule has 0 bridgehead atoms. The van der Waals surface area contributed by atoms with Crippen LogP contribution < -0.4 is 5.73 Å². The van der Waals surface area contributed by atoms with Crippen molar-refractivity contribution in [1.82, 2.24) is 4.90 Å². The quantitative estimate of drug-likeness (QED) is 0.750. The van der Waals surface area contributed by atoms with Crippen LogP contribution in [0.1, 0.15) is 46.0 Å². The summed E-state index contributed by atoms with van der Waals surface area (Å²) in [4.78, 5) is 2.51. The van der Waals surface area contributed by atoms with Gasteiger partial charge in [-0.1, -0.05) is 20.3 Å². The standard InChI is InChI=1S/C12H26N2/c1-10(2)7-8-14(3)12-6-4-5-11(13)9-12/h10-12H,4-9,13H2,1-3H3. The highest BCUT2D eigenvalue weighted by atomic mass is 15.1. The first-order valence-electron chi connectivity index (χ1n) is 6.05. The largest absolute Gasteiger partial charge is 0.328 e. The number of rotatable bonds is 4. The van der Waals surface area contributed by atoms with E-state index in [1.165, 1.54) is 38.6 Å². The second-order valence-corrected chi connectivity index (χ2v) is 5.24. The highest BCUT2D eigenvalue weighted by molar-refractivity contribution is 4.80. The van der Waals surface area contributed by atoms with E-state index in [1.54, 1.807) is 0 Å². The van der Waals surface area contributed by atoms with E-state index in [0.717, 1.165) is 12.0 Å². The van der Waals surface area contributed by atoms with Crippen molar-refractivity contribution in [2.45, 2.75) is 58.0 Å². The molecule has 1 rings (SSSR count). The Morgan fingerprint density at radius 1 is 1.36 bits per heavy atom. The molecule has 84 valence electrons. The molecule has 2 heteroatoms. The Hall–Kier alpha value is -0.0800. The first-order valence-corrected chi connectivity index (χ1v) is 6.05. The molecule has 2 atom stereocenters. The highest BCUT2D eigenvalue weighted by Gasteiger charge is 2.22. The van der Waals surface area contributed by atoms with Gasteiger partial charge in [-0.15, -0.1) is 0 Å². The zero-order chi connectivity index (χ0) is 10.6. The first-order chi connectivity index (χ1) is 6.59. The molecule has 0 radical (unpaired) electrons. The predicted octanol–water partition coefficient (Wildman–Crippen LogP) is 2.23. The van der Waals surface area contributed by atoms with Gasteiger partial charge in [0.2, 0.25) is 0 Å². The van der Waals surface area contributed by atoms with Crippen molar-refractivity contribution < 1.29 is 0 Å². The Balaban J connectivity index is 2.25. The van der Waals surface area contributed by atoms with Crippen molar-refractivity contribution in [3.8, 4) is 0 Å². The predicted molar refractivity (Wildman–Crippen MR) is 62.3 cm³/mol. The van der Waals surface area contributed by atoms with E-state index in [2.05, 4.69) is 25.8 Å². The summed E-state index contributed by atoms with van der Waals surface area (Å²) >= 11 is 0. The fourth-order valence-electron chi connectivity index (χ4n) is 2.25. The molecule has 0 aromatic heterocycles. The number of nitrogens with zero attached hydrogens (tertiary/aromatic N) is 1. The molecule has 0 aromatic rings. The average molecular weight is 198 g/mol. The van der Waals surface area contributed by atoms with E-state index in [-0.39, 0.29) is 0 Å². The fraction of sp³-hybridized carbons (Fsp3) is 1.00. The summed E-state index contributed by atoms with van der Waals surface area (Å²) in [7, 11) is 2.26. The summed E-state index contributed by atoms with van der Waals surface area (Å²) in [5.74, 6) is 0.815. The lowest BCUT2D eigenvalue weighted by molar-refractivity contribution is 0.173. The topological polar surface area (TPSA) is 29.3 Å². The van der Waals surface area contributed by atoms with Crippen molar-refractivity contribution in [1.29, 1.82) is 0 Å². The lowest BCUT2D eigenvalue weighted by Gasteiger charge is -2.34. The molecule has 0 amide bonds. The normalized spacial score (nSPS) is 28.7. The zero-order valence-electron chi connectivity index (χ0n) is 10.00. The molecule has 2 unspecified atom stereocenters. The molecule has 0 spiro atoms. The van der Waals surface area contributed by atoms with Gasteiger partial charge < -0.3 is 10.6 Å². The van der Waals surface area contributed by atoms with E-state index in [9.17, 15) is 0 Å². The van der Waals surface area contributed by atoms with Crippen molar-refractivity contribution in [2.24, 2.45) is 11.7 Å². The van der Waals surface area contributed by atoms with Crippen LogP contribution >= 0.6 is 0 Å². The van der Waals surface area contributed by atoms with Gasteiger partial charge in [-0.3, -0.25) is 0 Å². The number of hydrogen-bond donors (Lipinski definition) is 1. The summed E-state index contributed by atoms with van der Waals surface area (Å²) < 4.78 is 0. The second-order valence-electron chi connectivity index (χ2n) is 5.24. The van der Waals surface area contributed by atoms with Gasteiger partial charge in [-0.25, -0.2) is 0 Å². The smallest absolute Gasteiger partial charge is 0.0107 e. The molecule has 2 N–H and O–H groups in total. The van der Waals surface area contributed by atoms with Crippen LogP contribution in [-0.2, 0) is 0 Å². The van der Waals surface area contributed by atoms with E-state index >= 15 is 0 Å². The molecule has 1 fully saturated rings. The van der Waals surface area contributed by atoms with Gasteiger partial charge in [-0.2, -0.15) is 0 Å². The molecular weight excluding hydrogens is 172 g/mol. The molecule has 2 nitrogen and oxygen atoms in total. The Bertz CT molecular complexity index is 156. The Labute approximate surface area is 88.8 Å². The lowest BCUT2D eigenvalue weighted by Crippen LogP contribution is -2.41. The van der Waals surface area contributed by atoms with Gasteiger partial charge in [-0.05, 0) is 45.2 Å². The number of hydrogen-bond acceptors (Lipinski definition) is 2. The van der Waals surface area contributed by atoms with Gasteiger partial charge in [0, 0.05) is 12.1 Å². The SMILES string of the molecule is CC(C)CCN(C)C1CCCC(N)C1. The summed E-state index contributed by atoms with van der Waals surface area (Å²) in [6.07, 6.45) is 6.41. The molecule has 0 aromatic carbocycles. The molecular formula is C12H26N2. The third-order valence-corrected chi connectivity index (χ3v) is 3.37. The Morgan fingerprint density at radius 2 is 2.07 bits per heavy atom. The van der Waals surface area contributed by atoms with Crippen LogP contribution in [0.3, 0.4) is 0 Å². The maximum Gasteiger partial charge on any atom is 0.0107 e. The molecule has 14 heavy (non-hydrogen) atoms. The van der Waals surface area contributed by atoms with Gasteiger partial charge in [0.1, 0.15) is 0 Å². The van der Waals surface area contributed by atoms with Crippen LogP contribution in [0, 0.1) is 5.92 Å². The Kier molecular flexibility index (Phi) is 4.90. The maximum atomic E-state index is 5.99. The van der Waals surface area contributed by atoms with Crippen LogP contribution in [0.15, 0.2) is 0 Å². The molecule has 0 heterocycles. The zero-order valence-corrected chi connectivity index (χ0v) is 10.00. The first kappa shape index (κ1) is 12.0. The lowest BCUT2D eigenvalue weighted by atomic mass is 9.90. The van der Waals surface area contributed by atoms with E-state index < -0.39 is 0 Å². The summed E-state index contributed by atoms with van der Waals surface area (Å²) in [5.41, 5.74) is 5.99. The monoisotopic (exact) mass is 198 g/mol. The molecule has 0 aliphatic heterocycles. The third-order valence-electron chi connectivity index (χ3n) is 3.37. The summed E-state index contributed by atoms with van der Waals surface area (Å²) in [6, 6.07) is 1.20. The molecule has 0 saturated heterocycles. The summed E-state index contributed by atoms with van der Waals surface area (Å²) in [6.45, 7) is 5.82. The van der Waals surface area contributed by atoms with Crippen LogP contribution in [-0.4, -0.2) is 30.6 Å². The van der Waals surface area contributed by atoms with Crippen molar-refractivity contribution in [3.05, 3.63) is 0 Å². The third kappa shape index (κ3) is 3.97.